The van der Waals surface area contributed by atoms with Gasteiger partial charge in [-0.15, -0.1) is 0 Å². The van der Waals surface area contributed by atoms with Gasteiger partial charge in [0.2, 0.25) is 0 Å². The van der Waals surface area contributed by atoms with Gasteiger partial charge >= 0.3 is 0 Å². The van der Waals surface area contributed by atoms with Crippen molar-refractivity contribution in [2.24, 2.45) is 0 Å². The molecule has 0 amide bonds. The smallest absolute Gasteiger partial charge is 0.0782 e. The van der Waals surface area contributed by atoms with Gasteiger partial charge in [-0.1, -0.05) is 15.9 Å². The molecule has 0 saturated heterocycles. The van der Waals surface area contributed by atoms with Crippen molar-refractivity contribution in [2.75, 3.05) is 11.9 Å². The molecule has 1 aromatic heterocycles. The van der Waals surface area contributed by atoms with Crippen LogP contribution >= 0.6 is 15.9 Å². The summed E-state index contributed by atoms with van der Waals surface area (Å²) < 4.78 is 0.976. The Balaban J connectivity index is 2.26. The number of aliphatic hydroxyl groups excluding tert-OH is 1. The van der Waals surface area contributed by atoms with Crippen LogP contribution in [0.15, 0.2) is 47.2 Å². The molecule has 0 fully saturated rings. The Kier molecular flexibility index (Phi) is 4.56. The highest BCUT2D eigenvalue weighted by Gasteiger charge is 2.12. The molecule has 4 heteroatoms. The number of benzene rings is 1. The van der Waals surface area contributed by atoms with Crippen molar-refractivity contribution >= 4 is 21.6 Å². The van der Waals surface area contributed by atoms with E-state index in [0.29, 0.717) is 0 Å². The molecule has 1 N–H and O–H groups in total. The molecule has 0 aliphatic heterocycles. The Morgan fingerprint density at radius 1 is 1.26 bits per heavy atom. The van der Waals surface area contributed by atoms with E-state index in [1.165, 1.54) is 5.56 Å². The Bertz CT molecular complexity index is 543. The van der Waals surface area contributed by atoms with Crippen LogP contribution in [0.3, 0.4) is 0 Å². The third-order valence-corrected chi connectivity index (χ3v) is 3.51. The van der Waals surface area contributed by atoms with Gasteiger partial charge in [0, 0.05) is 41.7 Å². The molecule has 100 valence electrons. The first-order chi connectivity index (χ1) is 9.08. The summed E-state index contributed by atoms with van der Waals surface area (Å²) >= 11 is 3.44. The summed E-state index contributed by atoms with van der Waals surface area (Å²) in [5, 5.41) is 9.89. The largest absolute Gasteiger partial charge is 0.389 e. The lowest BCUT2D eigenvalue weighted by Crippen LogP contribution is -2.18. The van der Waals surface area contributed by atoms with Gasteiger partial charge in [-0.05, 0) is 42.8 Å². The first-order valence-electron chi connectivity index (χ1n) is 6.15. The standard InChI is InChI=1S/C15H17BrN2O/c1-11(19)14-9-13(16)3-4-15(14)18(2)10-12-5-7-17-8-6-12/h3-9,11,19H,10H2,1-2H3. The van der Waals surface area contributed by atoms with E-state index in [1.54, 1.807) is 19.3 Å². The number of aliphatic hydroxyl groups is 1. The maximum atomic E-state index is 9.89. The Morgan fingerprint density at radius 2 is 1.95 bits per heavy atom. The van der Waals surface area contributed by atoms with Gasteiger partial charge in [0.25, 0.3) is 0 Å². The van der Waals surface area contributed by atoms with Gasteiger partial charge in [0.1, 0.15) is 0 Å². The van der Waals surface area contributed by atoms with Crippen LogP contribution in [0.25, 0.3) is 0 Å². The molecule has 2 rings (SSSR count). The maximum Gasteiger partial charge on any atom is 0.0782 e. The van der Waals surface area contributed by atoms with Gasteiger partial charge in [0.15, 0.2) is 0 Å². The molecule has 19 heavy (non-hydrogen) atoms. The van der Waals surface area contributed by atoms with E-state index < -0.39 is 6.10 Å². The van der Waals surface area contributed by atoms with E-state index in [9.17, 15) is 5.11 Å². The fourth-order valence-corrected chi connectivity index (χ4v) is 2.43. The average molecular weight is 321 g/mol. The van der Waals surface area contributed by atoms with Crippen molar-refractivity contribution in [3.05, 3.63) is 58.3 Å². The first kappa shape index (κ1) is 14.0. The molecular weight excluding hydrogens is 304 g/mol. The molecule has 0 aliphatic rings. The third-order valence-electron chi connectivity index (χ3n) is 3.02. The molecular formula is C15H17BrN2O. The quantitative estimate of drug-likeness (QED) is 0.936. The summed E-state index contributed by atoms with van der Waals surface area (Å²) in [6.45, 7) is 2.56. The number of nitrogens with zero attached hydrogens (tertiary/aromatic N) is 2. The van der Waals surface area contributed by atoms with Crippen LogP contribution in [-0.4, -0.2) is 17.1 Å². The maximum absolute atomic E-state index is 9.89. The summed E-state index contributed by atoms with van der Waals surface area (Å²) in [4.78, 5) is 6.15. The number of halogens is 1. The van der Waals surface area contributed by atoms with Crippen LogP contribution < -0.4 is 4.90 Å². The van der Waals surface area contributed by atoms with Gasteiger partial charge in [-0.2, -0.15) is 0 Å². The van der Waals surface area contributed by atoms with Crippen molar-refractivity contribution in [3.8, 4) is 0 Å². The summed E-state index contributed by atoms with van der Waals surface area (Å²) in [6.07, 6.45) is 3.09. The van der Waals surface area contributed by atoms with Crippen LogP contribution in [0.2, 0.25) is 0 Å². The van der Waals surface area contributed by atoms with E-state index in [0.717, 1.165) is 22.3 Å². The molecule has 0 saturated carbocycles. The molecule has 0 aliphatic carbocycles. The minimum atomic E-state index is -0.493. The lowest BCUT2D eigenvalue weighted by molar-refractivity contribution is 0.199. The van der Waals surface area contributed by atoms with Crippen LogP contribution in [-0.2, 0) is 6.54 Å². The SMILES string of the molecule is CC(O)c1cc(Br)ccc1N(C)Cc1ccncc1. The topological polar surface area (TPSA) is 36.4 Å². The summed E-state index contributed by atoms with van der Waals surface area (Å²) in [5.41, 5.74) is 3.15. The molecule has 3 nitrogen and oxygen atoms in total. The van der Waals surface area contributed by atoms with Crippen molar-refractivity contribution < 1.29 is 5.11 Å². The number of hydrogen-bond donors (Lipinski definition) is 1. The van der Waals surface area contributed by atoms with E-state index in [-0.39, 0.29) is 0 Å². The predicted octanol–water partition coefficient (Wildman–Crippen LogP) is 3.53. The van der Waals surface area contributed by atoms with E-state index in [4.69, 9.17) is 0 Å². The predicted molar refractivity (Wildman–Crippen MR) is 81.1 cm³/mol. The van der Waals surface area contributed by atoms with Crippen LogP contribution in [0.4, 0.5) is 5.69 Å². The fourth-order valence-electron chi connectivity index (χ4n) is 2.05. The molecule has 0 spiro atoms. The minimum absolute atomic E-state index is 0.493. The van der Waals surface area contributed by atoms with Crippen molar-refractivity contribution in [1.29, 1.82) is 0 Å². The number of pyridine rings is 1. The highest BCUT2D eigenvalue weighted by molar-refractivity contribution is 9.10. The summed E-state index contributed by atoms with van der Waals surface area (Å²) in [5.74, 6) is 0. The fraction of sp³-hybridized carbons (Fsp3) is 0.267. The Labute approximate surface area is 122 Å². The third kappa shape index (κ3) is 3.55. The van der Waals surface area contributed by atoms with Crippen LogP contribution in [0, 0.1) is 0 Å². The highest BCUT2D eigenvalue weighted by Crippen LogP contribution is 2.29. The lowest BCUT2D eigenvalue weighted by Gasteiger charge is -2.24. The van der Waals surface area contributed by atoms with Crippen molar-refractivity contribution in [3.63, 3.8) is 0 Å². The zero-order valence-electron chi connectivity index (χ0n) is 11.0. The van der Waals surface area contributed by atoms with Crippen molar-refractivity contribution in [1.82, 2.24) is 4.98 Å². The number of rotatable bonds is 4. The molecule has 1 heterocycles. The van der Waals surface area contributed by atoms with Crippen LogP contribution in [0.1, 0.15) is 24.2 Å². The molecule has 0 radical (unpaired) electrons. The minimum Gasteiger partial charge on any atom is -0.389 e. The number of aromatic nitrogens is 1. The monoisotopic (exact) mass is 320 g/mol. The van der Waals surface area contributed by atoms with Gasteiger partial charge in [0.05, 0.1) is 6.10 Å². The number of anilines is 1. The molecule has 0 bridgehead atoms. The molecule has 1 unspecified atom stereocenters. The van der Waals surface area contributed by atoms with Gasteiger partial charge < -0.3 is 10.0 Å². The normalized spacial score (nSPS) is 12.2. The second-order valence-electron chi connectivity index (χ2n) is 4.59. The zero-order valence-corrected chi connectivity index (χ0v) is 12.6. The van der Waals surface area contributed by atoms with E-state index in [2.05, 4.69) is 25.8 Å². The molecule has 1 atom stereocenters. The molecule has 2 aromatic rings. The second-order valence-corrected chi connectivity index (χ2v) is 5.51. The Morgan fingerprint density at radius 3 is 2.58 bits per heavy atom. The summed E-state index contributed by atoms with van der Waals surface area (Å²) in [6, 6.07) is 9.97. The Hall–Kier alpha value is -1.39. The van der Waals surface area contributed by atoms with E-state index >= 15 is 0 Å². The van der Waals surface area contributed by atoms with Gasteiger partial charge in [-0.3, -0.25) is 4.98 Å². The van der Waals surface area contributed by atoms with Crippen molar-refractivity contribution in [2.45, 2.75) is 19.6 Å². The highest BCUT2D eigenvalue weighted by atomic mass is 79.9. The second kappa shape index (κ2) is 6.17. The zero-order chi connectivity index (χ0) is 13.8. The van der Waals surface area contributed by atoms with Gasteiger partial charge in [-0.25, -0.2) is 0 Å². The first-order valence-corrected chi connectivity index (χ1v) is 6.95. The number of hydrogen-bond acceptors (Lipinski definition) is 3. The van der Waals surface area contributed by atoms with E-state index in [1.807, 2.05) is 37.4 Å². The lowest BCUT2D eigenvalue weighted by atomic mass is 10.1. The molecule has 1 aromatic carbocycles. The average Bonchev–Trinajstić information content (AvgIpc) is 2.39. The summed E-state index contributed by atoms with van der Waals surface area (Å²) in [7, 11) is 2.02. The van der Waals surface area contributed by atoms with Crippen LogP contribution in [0.5, 0.6) is 0 Å².